The summed E-state index contributed by atoms with van der Waals surface area (Å²) in [5.74, 6) is 0.0863. The van der Waals surface area contributed by atoms with Crippen molar-refractivity contribution in [1.82, 2.24) is 24.6 Å². The molecule has 0 saturated carbocycles. The van der Waals surface area contributed by atoms with Crippen LogP contribution in [-0.2, 0) is 13.1 Å². The van der Waals surface area contributed by atoms with Crippen molar-refractivity contribution in [2.24, 2.45) is 0 Å². The second kappa shape index (κ2) is 9.77. The molecule has 2 aromatic carbocycles. The van der Waals surface area contributed by atoms with E-state index in [0.717, 1.165) is 19.3 Å². The molecule has 0 aliphatic rings. The summed E-state index contributed by atoms with van der Waals surface area (Å²) >= 11 is 0. The minimum absolute atomic E-state index is 0.125. The molecule has 1 amide bonds. The van der Waals surface area contributed by atoms with Crippen molar-refractivity contribution in [3.05, 3.63) is 80.8 Å². The van der Waals surface area contributed by atoms with Crippen LogP contribution in [0.4, 0.5) is 0 Å². The minimum Gasteiger partial charge on any atom is -0.330 e. The highest BCUT2D eigenvalue weighted by atomic mass is 16.2. The predicted octanol–water partition coefficient (Wildman–Crippen LogP) is 3.49. The number of hydrogen-bond donors (Lipinski definition) is 1. The zero-order chi connectivity index (χ0) is 23.4. The van der Waals surface area contributed by atoms with E-state index in [1.165, 1.54) is 4.68 Å². The fraction of sp³-hybridized carbons (Fsp3) is 0.320. The minimum atomic E-state index is -0.311. The van der Waals surface area contributed by atoms with Crippen molar-refractivity contribution < 1.29 is 4.79 Å². The summed E-state index contributed by atoms with van der Waals surface area (Å²) in [6.45, 7) is 4.93. The monoisotopic (exact) mass is 445 g/mol. The lowest BCUT2D eigenvalue weighted by Crippen LogP contribution is -2.35. The molecule has 8 heteroatoms. The molecular formula is C25H27N5O3. The van der Waals surface area contributed by atoms with E-state index in [2.05, 4.69) is 22.0 Å². The number of carbonyl (C=O) groups is 1. The first-order valence-electron chi connectivity index (χ1n) is 11.3. The Morgan fingerprint density at radius 3 is 2.39 bits per heavy atom. The second-order valence-electron chi connectivity index (χ2n) is 7.98. The molecule has 0 spiro atoms. The van der Waals surface area contributed by atoms with E-state index in [1.54, 1.807) is 47.4 Å². The van der Waals surface area contributed by atoms with Crippen molar-refractivity contribution in [2.75, 3.05) is 6.54 Å². The van der Waals surface area contributed by atoms with Crippen LogP contribution in [0.3, 0.4) is 0 Å². The predicted molar refractivity (Wildman–Crippen MR) is 128 cm³/mol. The van der Waals surface area contributed by atoms with Gasteiger partial charge in [-0.3, -0.25) is 14.4 Å². The normalized spacial score (nSPS) is 11.2. The van der Waals surface area contributed by atoms with Gasteiger partial charge in [0.1, 0.15) is 5.82 Å². The van der Waals surface area contributed by atoms with Gasteiger partial charge >= 0.3 is 0 Å². The number of aromatic nitrogens is 4. The lowest BCUT2D eigenvalue weighted by Gasteiger charge is -2.21. The Bertz CT molecular complexity index is 1420. The number of aryl methyl sites for hydroxylation is 1. The topological polar surface area (TPSA) is 101 Å². The summed E-state index contributed by atoms with van der Waals surface area (Å²) < 4.78 is 1.40. The molecule has 0 fully saturated rings. The van der Waals surface area contributed by atoms with Gasteiger partial charge in [0.05, 0.1) is 22.8 Å². The van der Waals surface area contributed by atoms with Crippen molar-refractivity contribution in [3.63, 3.8) is 0 Å². The zero-order valence-corrected chi connectivity index (χ0v) is 18.9. The number of fused-ring (bicyclic) bond motifs is 2. The lowest BCUT2D eigenvalue weighted by molar-refractivity contribution is 0.0742. The number of amides is 1. The molecule has 0 unspecified atom stereocenters. The van der Waals surface area contributed by atoms with Gasteiger partial charge in [-0.2, -0.15) is 5.10 Å². The third kappa shape index (κ3) is 4.55. The van der Waals surface area contributed by atoms with Gasteiger partial charge in [-0.1, -0.05) is 50.1 Å². The maximum atomic E-state index is 13.6. The molecule has 1 N–H and O–H groups in total. The number of hydrogen-bond acceptors (Lipinski definition) is 5. The Kier molecular flexibility index (Phi) is 6.63. The summed E-state index contributed by atoms with van der Waals surface area (Å²) in [7, 11) is 0. The van der Waals surface area contributed by atoms with Crippen molar-refractivity contribution in [3.8, 4) is 0 Å². The summed E-state index contributed by atoms with van der Waals surface area (Å²) in [6, 6.07) is 14.1. The van der Waals surface area contributed by atoms with E-state index >= 15 is 0 Å². The summed E-state index contributed by atoms with van der Waals surface area (Å²) in [4.78, 5) is 47.8. The Balaban J connectivity index is 1.72. The summed E-state index contributed by atoms with van der Waals surface area (Å²) in [6.07, 6.45) is 2.82. The van der Waals surface area contributed by atoms with Gasteiger partial charge in [-0.05, 0) is 31.5 Å². The number of nitrogens with one attached hydrogen (secondary N) is 1. The maximum absolute atomic E-state index is 13.6. The first-order chi connectivity index (χ1) is 16.0. The quantitative estimate of drug-likeness (QED) is 0.419. The first-order valence-corrected chi connectivity index (χ1v) is 11.3. The van der Waals surface area contributed by atoms with Crippen LogP contribution < -0.4 is 11.1 Å². The maximum Gasteiger partial charge on any atom is 0.275 e. The number of benzene rings is 2. The van der Waals surface area contributed by atoms with Gasteiger partial charge in [0.2, 0.25) is 0 Å². The highest BCUT2D eigenvalue weighted by Crippen LogP contribution is 2.17. The van der Waals surface area contributed by atoms with Gasteiger partial charge in [-0.25, -0.2) is 9.67 Å². The largest absolute Gasteiger partial charge is 0.330 e. The molecule has 0 saturated heterocycles. The standard InChI is InChI=1S/C25H27N5O3/c1-3-5-10-15-30-24(32)18-12-7-6-11-17(18)22(28-30)25(33)29(4-2)16-21-26-20-14-9-8-13-19(20)23(31)27-21/h6-9,11-14H,3-5,10,15-16H2,1-2H3,(H,26,27,31). The number of H-pyrrole nitrogens is 1. The van der Waals surface area contributed by atoms with Gasteiger partial charge in [0.15, 0.2) is 5.69 Å². The molecule has 33 heavy (non-hydrogen) atoms. The molecule has 8 nitrogen and oxygen atoms in total. The van der Waals surface area contributed by atoms with E-state index in [4.69, 9.17) is 0 Å². The summed E-state index contributed by atoms with van der Waals surface area (Å²) in [5.41, 5.74) is 0.369. The number of carbonyl (C=O) groups excluding carboxylic acids is 1. The molecular weight excluding hydrogens is 418 g/mol. The molecule has 4 aromatic rings. The molecule has 0 atom stereocenters. The Hall–Kier alpha value is -3.81. The molecule has 0 bridgehead atoms. The average Bonchev–Trinajstić information content (AvgIpc) is 2.84. The number of rotatable bonds is 8. The molecule has 170 valence electrons. The first kappa shape index (κ1) is 22.4. The van der Waals surface area contributed by atoms with E-state index in [1.807, 2.05) is 13.0 Å². The van der Waals surface area contributed by atoms with Gasteiger partial charge in [-0.15, -0.1) is 0 Å². The average molecular weight is 446 g/mol. The Morgan fingerprint density at radius 2 is 1.67 bits per heavy atom. The van der Waals surface area contributed by atoms with Crippen LogP contribution in [0.15, 0.2) is 58.1 Å². The molecule has 4 rings (SSSR count). The number of nitrogens with zero attached hydrogens (tertiary/aromatic N) is 4. The molecule has 0 radical (unpaired) electrons. The third-order valence-electron chi connectivity index (χ3n) is 5.72. The SMILES string of the molecule is CCCCCn1nc(C(=O)N(CC)Cc2nc3ccccc3c(=O)[nH]2)c2ccccc2c1=O. The Morgan fingerprint density at radius 1 is 0.970 bits per heavy atom. The van der Waals surface area contributed by atoms with Crippen LogP contribution >= 0.6 is 0 Å². The van der Waals surface area contributed by atoms with Crippen LogP contribution in [0.25, 0.3) is 21.7 Å². The van der Waals surface area contributed by atoms with Crippen LogP contribution in [0.5, 0.6) is 0 Å². The van der Waals surface area contributed by atoms with Crippen molar-refractivity contribution in [1.29, 1.82) is 0 Å². The smallest absolute Gasteiger partial charge is 0.275 e. The zero-order valence-electron chi connectivity index (χ0n) is 18.9. The molecule has 0 aliphatic heterocycles. The fourth-order valence-electron chi connectivity index (χ4n) is 3.92. The van der Waals surface area contributed by atoms with Crippen LogP contribution in [-0.4, -0.2) is 37.1 Å². The third-order valence-corrected chi connectivity index (χ3v) is 5.72. The highest BCUT2D eigenvalue weighted by molar-refractivity contribution is 6.04. The summed E-state index contributed by atoms with van der Waals surface area (Å²) in [5, 5.41) is 5.97. The van der Waals surface area contributed by atoms with Crippen molar-refractivity contribution >= 4 is 27.6 Å². The lowest BCUT2D eigenvalue weighted by atomic mass is 10.1. The number of para-hydroxylation sites is 1. The van der Waals surface area contributed by atoms with E-state index in [0.29, 0.717) is 40.6 Å². The van der Waals surface area contributed by atoms with E-state index in [9.17, 15) is 14.4 Å². The number of unbranched alkanes of at least 4 members (excludes halogenated alkanes) is 2. The molecule has 2 aromatic heterocycles. The highest BCUT2D eigenvalue weighted by Gasteiger charge is 2.22. The molecule has 0 aliphatic carbocycles. The fourth-order valence-corrected chi connectivity index (χ4v) is 3.92. The van der Waals surface area contributed by atoms with Gasteiger partial charge < -0.3 is 9.88 Å². The number of aromatic amines is 1. The second-order valence-corrected chi connectivity index (χ2v) is 7.98. The van der Waals surface area contributed by atoms with E-state index < -0.39 is 0 Å². The van der Waals surface area contributed by atoms with Gasteiger partial charge in [0, 0.05) is 18.5 Å². The van der Waals surface area contributed by atoms with Crippen LogP contribution in [0.1, 0.15) is 49.4 Å². The van der Waals surface area contributed by atoms with Crippen LogP contribution in [0.2, 0.25) is 0 Å². The van der Waals surface area contributed by atoms with E-state index in [-0.39, 0.29) is 29.3 Å². The van der Waals surface area contributed by atoms with Crippen molar-refractivity contribution in [2.45, 2.75) is 46.2 Å². The Labute approximate surface area is 190 Å². The van der Waals surface area contributed by atoms with Crippen LogP contribution in [0, 0.1) is 0 Å². The molecule has 2 heterocycles. The van der Waals surface area contributed by atoms with Gasteiger partial charge in [0.25, 0.3) is 17.0 Å².